The molecule has 3 aromatic rings. The van der Waals surface area contributed by atoms with Gasteiger partial charge < -0.3 is 4.42 Å². The minimum absolute atomic E-state index is 0.206. The summed E-state index contributed by atoms with van der Waals surface area (Å²) < 4.78 is 6.96. The highest BCUT2D eigenvalue weighted by molar-refractivity contribution is 9.10. The highest BCUT2D eigenvalue weighted by Gasteiger charge is 2.18. The summed E-state index contributed by atoms with van der Waals surface area (Å²) >= 11 is 9.51. The van der Waals surface area contributed by atoms with Gasteiger partial charge in [0.15, 0.2) is 0 Å². The normalized spacial score (nSPS) is 12.8. The van der Waals surface area contributed by atoms with Gasteiger partial charge in [0.2, 0.25) is 0 Å². The van der Waals surface area contributed by atoms with Crippen LogP contribution in [0.5, 0.6) is 0 Å². The molecule has 3 nitrogen and oxygen atoms in total. The van der Waals surface area contributed by atoms with Gasteiger partial charge >= 0.3 is 0 Å². The first-order valence-electron chi connectivity index (χ1n) is 6.49. The number of furan rings is 1. The molecular weight excluding hydrogens is 352 g/mol. The maximum Gasteiger partial charge on any atom is 0.134 e. The second-order valence-corrected chi connectivity index (χ2v) is 6.23. The van der Waals surface area contributed by atoms with Crippen LogP contribution in [0.25, 0.3) is 11.0 Å². The smallest absolute Gasteiger partial charge is 0.134 e. The molecule has 108 valence electrons. The predicted octanol–water partition coefficient (Wildman–Crippen LogP) is 4.71. The average molecular weight is 366 g/mol. The fraction of sp³-hybridized carbons (Fsp3) is 0.125. The van der Waals surface area contributed by atoms with Crippen LogP contribution in [0.4, 0.5) is 0 Å². The molecule has 1 aromatic heterocycles. The zero-order valence-corrected chi connectivity index (χ0v) is 13.7. The summed E-state index contributed by atoms with van der Waals surface area (Å²) in [4.78, 5) is 0. The lowest BCUT2D eigenvalue weighted by Gasteiger charge is -2.14. The summed E-state index contributed by atoms with van der Waals surface area (Å²) in [6.07, 6.45) is 0. The molecule has 0 saturated carbocycles. The molecule has 0 aliphatic rings. The Hall–Kier alpha value is -1.33. The minimum Gasteiger partial charge on any atom is -0.459 e. The standard InChI is InChI=1S/C16H14BrClN2O/c1-9-6-10(2-4-13(9)17)16(20-19)15-8-11-7-12(18)3-5-14(11)21-15/h2-8,16,20H,19H2,1H3. The lowest BCUT2D eigenvalue weighted by Crippen LogP contribution is -2.28. The van der Waals surface area contributed by atoms with Crippen molar-refractivity contribution in [1.82, 2.24) is 5.43 Å². The van der Waals surface area contributed by atoms with E-state index in [1.807, 2.05) is 43.3 Å². The van der Waals surface area contributed by atoms with Gasteiger partial charge in [0.25, 0.3) is 0 Å². The molecule has 0 aliphatic carbocycles. The highest BCUT2D eigenvalue weighted by Crippen LogP contribution is 2.30. The Morgan fingerprint density at radius 1 is 1.19 bits per heavy atom. The third-order valence-corrected chi connectivity index (χ3v) is 4.59. The number of nitrogens with one attached hydrogen (secondary N) is 1. The lowest BCUT2D eigenvalue weighted by atomic mass is 10.0. The number of halogens is 2. The molecule has 0 aliphatic heterocycles. The van der Waals surface area contributed by atoms with Crippen molar-refractivity contribution in [3.8, 4) is 0 Å². The maximum atomic E-state index is 6.01. The summed E-state index contributed by atoms with van der Waals surface area (Å²) in [6.45, 7) is 2.04. The van der Waals surface area contributed by atoms with Gasteiger partial charge in [-0.3, -0.25) is 5.84 Å². The van der Waals surface area contributed by atoms with E-state index in [1.165, 1.54) is 0 Å². The van der Waals surface area contributed by atoms with Crippen molar-refractivity contribution < 1.29 is 4.42 Å². The summed E-state index contributed by atoms with van der Waals surface area (Å²) in [5.41, 5.74) is 5.80. The number of hydrogen-bond acceptors (Lipinski definition) is 3. The molecule has 0 radical (unpaired) electrons. The second-order valence-electron chi connectivity index (χ2n) is 4.94. The molecular formula is C16H14BrClN2O. The quantitative estimate of drug-likeness (QED) is 0.522. The second kappa shape index (κ2) is 5.81. The van der Waals surface area contributed by atoms with E-state index in [-0.39, 0.29) is 6.04 Å². The molecule has 2 aromatic carbocycles. The SMILES string of the molecule is Cc1cc(C(NN)c2cc3cc(Cl)ccc3o2)ccc1Br. The fourth-order valence-corrected chi connectivity index (χ4v) is 2.79. The Morgan fingerprint density at radius 2 is 2.00 bits per heavy atom. The van der Waals surface area contributed by atoms with Crippen molar-refractivity contribution in [3.63, 3.8) is 0 Å². The molecule has 1 atom stereocenters. The molecule has 1 unspecified atom stereocenters. The molecule has 0 saturated heterocycles. The zero-order chi connectivity index (χ0) is 15.0. The van der Waals surface area contributed by atoms with Crippen molar-refractivity contribution >= 4 is 38.5 Å². The summed E-state index contributed by atoms with van der Waals surface area (Å²) in [6, 6.07) is 13.4. The molecule has 0 bridgehead atoms. The first-order valence-corrected chi connectivity index (χ1v) is 7.67. The number of rotatable bonds is 3. The van der Waals surface area contributed by atoms with E-state index in [9.17, 15) is 0 Å². The summed E-state index contributed by atoms with van der Waals surface area (Å²) in [7, 11) is 0. The van der Waals surface area contributed by atoms with Crippen LogP contribution in [0.3, 0.4) is 0 Å². The first kappa shape index (κ1) is 14.6. The van der Waals surface area contributed by atoms with Gasteiger partial charge in [0.05, 0.1) is 0 Å². The van der Waals surface area contributed by atoms with Crippen LogP contribution < -0.4 is 11.3 Å². The minimum atomic E-state index is -0.206. The predicted molar refractivity (Wildman–Crippen MR) is 89.3 cm³/mol. The highest BCUT2D eigenvalue weighted by atomic mass is 79.9. The van der Waals surface area contributed by atoms with Crippen LogP contribution in [-0.4, -0.2) is 0 Å². The van der Waals surface area contributed by atoms with Crippen LogP contribution >= 0.6 is 27.5 Å². The van der Waals surface area contributed by atoms with E-state index in [2.05, 4.69) is 27.4 Å². The molecule has 5 heteroatoms. The maximum absolute atomic E-state index is 6.01. The molecule has 3 N–H and O–H groups in total. The van der Waals surface area contributed by atoms with E-state index in [0.717, 1.165) is 32.3 Å². The number of hydrogen-bond donors (Lipinski definition) is 2. The molecule has 21 heavy (non-hydrogen) atoms. The van der Waals surface area contributed by atoms with Crippen molar-refractivity contribution in [2.75, 3.05) is 0 Å². The van der Waals surface area contributed by atoms with Crippen molar-refractivity contribution in [2.45, 2.75) is 13.0 Å². The zero-order valence-electron chi connectivity index (χ0n) is 11.4. The molecule has 3 rings (SSSR count). The van der Waals surface area contributed by atoms with Gasteiger partial charge in [-0.05, 0) is 48.4 Å². The summed E-state index contributed by atoms with van der Waals surface area (Å²) in [5.74, 6) is 6.49. The van der Waals surface area contributed by atoms with E-state index >= 15 is 0 Å². The van der Waals surface area contributed by atoms with Gasteiger partial charge in [-0.1, -0.05) is 39.7 Å². The third kappa shape index (κ3) is 2.85. The first-order chi connectivity index (χ1) is 10.1. The number of benzene rings is 2. The van der Waals surface area contributed by atoms with Crippen molar-refractivity contribution in [2.24, 2.45) is 5.84 Å². The Morgan fingerprint density at radius 3 is 2.71 bits per heavy atom. The molecule has 0 fully saturated rings. The molecule has 0 spiro atoms. The topological polar surface area (TPSA) is 51.2 Å². The average Bonchev–Trinajstić information content (AvgIpc) is 2.86. The van der Waals surface area contributed by atoms with E-state index in [0.29, 0.717) is 5.02 Å². The van der Waals surface area contributed by atoms with Crippen LogP contribution in [0, 0.1) is 6.92 Å². The number of nitrogens with two attached hydrogens (primary N) is 1. The van der Waals surface area contributed by atoms with E-state index in [1.54, 1.807) is 0 Å². The fourth-order valence-electron chi connectivity index (χ4n) is 2.37. The van der Waals surface area contributed by atoms with Gasteiger partial charge in [-0.25, -0.2) is 5.43 Å². The number of fused-ring (bicyclic) bond motifs is 1. The van der Waals surface area contributed by atoms with Gasteiger partial charge in [-0.2, -0.15) is 0 Å². The van der Waals surface area contributed by atoms with Gasteiger partial charge in [0.1, 0.15) is 17.4 Å². The Balaban J connectivity index is 2.06. The van der Waals surface area contributed by atoms with Crippen LogP contribution in [0.15, 0.2) is 51.4 Å². The molecule has 0 amide bonds. The monoisotopic (exact) mass is 364 g/mol. The van der Waals surface area contributed by atoms with Crippen molar-refractivity contribution in [3.05, 3.63) is 68.8 Å². The molecule has 1 heterocycles. The van der Waals surface area contributed by atoms with E-state index < -0.39 is 0 Å². The largest absolute Gasteiger partial charge is 0.459 e. The Bertz CT molecular complexity index is 800. The summed E-state index contributed by atoms with van der Waals surface area (Å²) in [5, 5.41) is 1.65. The number of hydrazine groups is 1. The van der Waals surface area contributed by atoms with Gasteiger partial charge in [0, 0.05) is 14.9 Å². The van der Waals surface area contributed by atoms with Crippen LogP contribution in [0.1, 0.15) is 22.9 Å². The number of aryl methyl sites for hydroxylation is 1. The lowest BCUT2D eigenvalue weighted by molar-refractivity contribution is 0.477. The van der Waals surface area contributed by atoms with Crippen molar-refractivity contribution in [1.29, 1.82) is 0 Å². The third-order valence-electron chi connectivity index (χ3n) is 3.46. The van der Waals surface area contributed by atoms with E-state index in [4.69, 9.17) is 21.9 Å². The van der Waals surface area contributed by atoms with Crippen LogP contribution in [-0.2, 0) is 0 Å². The van der Waals surface area contributed by atoms with Crippen LogP contribution in [0.2, 0.25) is 5.02 Å². The Kier molecular flexibility index (Phi) is 4.04. The Labute approximate surface area is 136 Å². The van der Waals surface area contributed by atoms with Gasteiger partial charge in [-0.15, -0.1) is 0 Å².